The van der Waals surface area contributed by atoms with Gasteiger partial charge in [-0.2, -0.15) is 5.10 Å². The third kappa shape index (κ3) is 2.78. The number of hydrogen-bond donors (Lipinski definition) is 0. The van der Waals surface area contributed by atoms with Crippen molar-refractivity contribution in [1.29, 1.82) is 0 Å². The van der Waals surface area contributed by atoms with Crippen molar-refractivity contribution in [3.8, 4) is 0 Å². The maximum atomic E-state index is 11.7. The number of carbonyl (C=O) groups excluding carboxylic acids is 1. The number of halogens is 1. The van der Waals surface area contributed by atoms with Gasteiger partial charge in [-0.25, -0.2) is 4.98 Å². The highest BCUT2D eigenvalue weighted by Gasteiger charge is 2.29. The lowest BCUT2D eigenvalue weighted by molar-refractivity contribution is -0.124. The van der Waals surface area contributed by atoms with Gasteiger partial charge in [0.2, 0.25) is 0 Å². The van der Waals surface area contributed by atoms with Crippen LogP contribution in [0.25, 0.3) is 10.9 Å². The van der Waals surface area contributed by atoms with Gasteiger partial charge in [0.05, 0.1) is 11.2 Å². The van der Waals surface area contributed by atoms with E-state index in [0.717, 1.165) is 16.6 Å². The van der Waals surface area contributed by atoms with Crippen LogP contribution in [0.2, 0.25) is 5.15 Å². The number of nitrogens with zero attached hydrogens (tertiary/aromatic N) is 3. The predicted octanol–water partition coefficient (Wildman–Crippen LogP) is 3.74. The van der Waals surface area contributed by atoms with Crippen molar-refractivity contribution in [2.75, 3.05) is 0 Å². The van der Waals surface area contributed by atoms with E-state index < -0.39 is 5.54 Å². The van der Waals surface area contributed by atoms with Crippen LogP contribution in [0.15, 0.2) is 12.3 Å². The lowest BCUT2D eigenvalue weighted by Crippen LogP contribution is -2.34. The van der Waals surface area contributed by atoms with E-state index in [1.807, 2.05) is 34.6 Å². The number of aromatic nitrogens is 3. The van der Waals surface area contributed by atoms with Crippen LogP contribution in [-0.4, -0.2) is 20.5 Å². The molecule has 19 heavy (non-hydrogen) atoms. The Hall–Kier alpha value is -1.42. The number of aryl methyl sites for hydroxylation is 1. The third-order valence-electron chi connectivity index (χ3n) is 3.11. The van der Waals surface area contributed by atoms with Crippen LogP contribution in [0.1, 0.15) is 40.3 Å². The van der Waals surface area contributed by atoms with Crippen LogP contribution in [-0.2, 0) is 10.3 Å². The van der Waals surface area contributed by atoms with Crippen LogP contribution in [0.4, 0.5) is 0 Å². The summed E-state index contributed by atoms with van der Waals surface area (Å²) >= 11 is 5.89. The topological polar surface area (TPSA) is 47.8 Å². The largest absolute Gasteiger partial charge is 0.297 e. The van der Waals surface area contributed by atoms with Gasteiger partial charge in [-0.05, 0) is 27.7 Å². The number of ketones is 1. The molecule has 0 atom stereocenters. The van der Waals surface area contributed by atoms with Crippen molar-refractivity contribution in [1.82, 2.24) is 14.8 Å². The van der Waals surface area contributed by atoms with E-state index in [9.17, 15) is 4.79 Å². The van der Waals surface area contributed by atoms with Crippen molar-refractivity contribution in [3.05, 3.63) is 23.1 Å². The summed E-state index contributed by atoms with van der Waals surface area (Å²) in [6, 6.07) is 1.74. The number of Topliss-reactive ketones (excluding diaryl/α,β-unsaturated/α-hetero) is 1. The number of fused-ring (bicyclic) bond motifs is 1. The van der Waals surface area contributed by atoms with Gasteiger partial charge in [0.25, 0.3) is 0 Å². The molecule has 0 fully saturated rings. The minimum atomic E-state index is -0.683. The maximum absolute atomic E-state index is 11.7. The second-order valence-corrected chi connectivity index (χ2v) is 5.02. The first-order valence-electron chi connectivity index (χ1n) is 6.36. The number of pyridine rings is 1. The Morgan fingerprint density at radius 3 is 2.47 bits per heavy atom. The fourth-order valence-corrected chi connectivity index (χ4v) is 1.86. The van der Waals surface area contributed by atoms with Crippen LogP contribution in [0.5, 0.6) is 0 Å². The second-order valence-electron chi connectivity index (χ2n) is 4.64. The highest BCUT2D eigenvalue weighted by Crippen LogP contribution is 2.26. The fourth-order valence-electron chi connectivity index (χ4n) is 1.71. The summed E-state index contributed by atoms with van der Waals surface area (Å²) in [4.78, 5) is 15.7. The average molecular weight is 282 g/mol. The first kappa shape index (κ1) is 15.6. The lowest BCUT2D eigenvalue weighted by Gasteiger charge is -2.22. The van der Waals surface area contributed by atoms with E-state index in [2.05, 4.69) is 10.1 Å². The molecule has 5 heteroatoms. The molecule has 0 saturated carbocycles. The Morgan fingerprint density at radius 2 is 1.95 bits per heavy atom. The summed E-state index contributed by atoms with van der Waals surface area (Å²) in [5, 5.41) is 5.74. The summed E-state index contributed by atoms with van der Waals surface area (Å²) in [6.07, 6.45) is 1.69. The summed E-state index contributed by atoms with van der Waals surface area (Å²) in [7, 11) is 0. The number of rotatable bonds is 2. The van der Waals surface area contributed by atoms with E-state index in [4.69, 9.17) is 11.6 Å². The van der Waals surface area contributed by atoms with Crippen molar-refractivity contribution in [3.63, 3.8) is 0 Å². The van der Waals surface area contributed by atoms with Gasteiger partial charge in [0.1, 0.15) is 10.7 Å². The highest BCUT2D eigenvalue weighted by atomic mass is 35.5. The molecule has 0 amide bonds. The van der Waals surface area contributed by atoms with Gasteiger partial charge in [0, 0.05) is 17.6 Å². The minimum Gasteiger partial charge on any atom is -0.297 e. The molecule has 0 radical (unpaired) electrons. The zero-order chi connectivity index (χ0) is 14.8. The number of carbonyl (C=O) groups is 1. The summed E-state index contributed by atoms with van der Waals surface area (Å²) in [6.45, 7) is 11.1. The molecule has 0 unspecified atom stereocenters. The highest BCUT2D eigenvalue weighted by molar-refractivity contribution is 6.30. The molecule has 0 aromatic carbocycles. The molecule has 2 aromatic rings. The zero-order valence-corrected chi connectivity index (χ0v) is 13.0. The Morgan fingerprint density at radius 1 is 1.37 bits per heavy atom. The molecule has 0 bridgehead atoms. The van der Waals surface area contributed by atoms with Gasteiger partial charge in [0.15, 0.2) is 5.78 Å². The normalized spacial score (nSPS) is 11.1. The Kier molecular flexibility index (Phi) is 4.69. The first-order valence-corrected chi connectivity index (χ1v) is 6.74. The van der Waals surface area contributed by atoms with E-state index in [1.165, 1.54) is 0 Å². The Bertz CT molecular complexity index is 602. The Labute approximate surface area is 118 Å². The van der Waals surface area contributed by atoms with Gasteiger partial charge >= 0.3 is 0 Å². The van der Waals surface area contributed by atoms with Gasteiger partial charge in [-0.3, -0.25) is 9.48 Å². The predicted molar refractivity (Wildman–Crippen MR) is 78.6 cm³/mol. The minimum absolute atomic E-state index is 0.0508. The summed E-state index contributed by atoms with van der Waals surface area (Å²) in [5.41, 5.74) is 0.998. The molecule has 4 nitrogen and oxygen atoms in total. The van der Waals surface area contributed by atoms with Crippen LogP contribution in [0.3, 0.4) is 0 Å². The molecular weight excluding hydrogens is 262 g/mol. The van der Waals surface area contributed by atoms with Crippen LogP contribution < -0.4 is 0 Å². The molecule has 0 spiro atoms. The standard InChI is InChI=1S/C12H14ClN3O.C2H6/c1-7-9-6-14-11(13)5-10(9)16(15-7)12(3,4)8(2)17;1-2/h5-6H,1-4H3;1-2H3. The molecule has 0 N–H and O–H groups in total. The average Bonchev–Trinajstić information content (AvgIpc) is 2.69. The molecule has 2 aromatic heterocycles. The van der Waals surface area contributed by atoms with Crippen molar-refractivity contribution >= 4 is 28.3 Å². The third-order valence-corrected chi connectivity index (χ3v) is 3.31. The van der Waals surface area contributed by atoms with Crippen molar-refractivity contribution in [2.24, 2.45) is 0 Å². The first-order chi connectivity index (χ1) is 8.84. The fraction of sp³-hybridized carbons (Fsp3) is 0.500. The van der Waals surface area contributed by atoms with E-state index in [1.54, 1.807) is 23.9 Å². The molecule has 0 saturated heterocycles. The monoisotopic (exact) mass is 281 g/mol. The molecule has 2 heterocycles. The van der Waals surface area contributed by atoms with E-state index in [-0.39, 0.29) is 5.78 Å². The molecule has 104 valence electrons. The maximum Gasteiger partial charge on any atom is 0.156 e. The van der Waals surface area contributed by atoms with Crippen molar-refractivity contribution < 1.29 is 4.79 Å². The van der Waals surface area contributed by atoms with Crippen LogP contribution >= 0.6 is 11.6 Å². The summed E-state index contributed by atoms with van der Waals surface area (Å²) < 4.78 is 1.72. The van der Waals surface area contributed by atoms with Gasteiger partial charge in [-0.1, -0.05) is 25.4 Å². The molecule has 0 aliphatic carbocycles. The lowest BCUT2D eigenvalue weighted by atomic mass is 10.0. The number of hydrogen-bond acceptors (Lipinski definition) is 3. The van der Waals surface area contributed by atoms with Gasteiger partial charge < -0.3 is 0 Å². The zero-order valence-electron chi connectivity index (χ0n) is 12.3. The van der Waals surface area contributed by atoms with E-state index >= 15 is 0 Å². The smallest absolute Gasteiger partial charge is 0.156 e. The SMILES string of the molecule is CC.CC(=O)C(C)(C)n1nc(C)c2cnc(Cl)cc21. The van der Waals surface area contributed by atoms with Crippen LogP contribution in [0, 0.1) is 6.92 Å². The molecule has 0 aliphatic rings. The summed E-state index contributed by atoms with van der Waals surface area (Å²) in [5.74, 6) is 0.0508. The Balaban J connectivity index is 0.000000861. The second kappa shape index (κ2) is 5.70. The molecule has 2 rings (SSSR count). The molecular formula is C14H20ClN3O. The van der Waals surface area contributed by atoms with Gasteiger partial charge in [-0.15, -0.1) is 0 Å². The quantitative estimate of drug-likeness (QED) is 0.788. The van der Waals surface area contributed by atoms with Crippen molar-refractivity contribution in [2.45, 2.75) is 47.1 Å². The van der Waals surface area contributed by atoms with E-state index in [0.29, 0.717) is 5.15 Å². The molecule has 0 aliphatic heterocycles.